The molecule has 0 fully saturated rings. The first-order valence-corrected chi connectivity index (χ1v) is 6.45. The summed E-state index contributed by atoms with van der Waals surface area (Å²) in [6.07, 6.45) is -13.5. The van der Waals surface area contributed by atoms with Gasteiger partial charge in [-0.3, -0.25) is 4.52 Å². The zero-order valence-corrected chi connectivity index (χ0v) is 10.8. The van der Waals surface area contributed by atoms with Gasteiger partial charge in [-0.15, -0.1) is 0 Å². The molecule has 0 aliphatic rings. The summed E-state index contributed by atoms with van der Waals surface area (Å²) < 4.78 is 88.0. The van der Waals surface area contributed by atoms with Crippen LogP contribution in [0.1, 0.15) is 26.7 Å². The molecule has 0 aliphatic heterocycles. The third-order valence-electron chi connectivity index (χ3n) is 2.29. The average molecular weight is 318 g/mol. The maximum Gasteiger partial charge on any atom is 0.470 e. The van der Waals surface area contributed by atoms with Crippen LogP contribution in [0, 0.1) is 5.92 Å². The van der Waals surface area contributed by atoms with Crippen LogP contribution in [0.5, 0.6) is 0 Å². The summed E-state index contributed by atoms with van der Waals surface area (Å²) in [5.74, 6) is -2.17. The second-order valence-corrected chi connectivity index (χ2v) is 5.68. The number of rotatable bonds is 5. The van der Waals surface area contributed by atoms with Crippen molar-refractivity contribution in [3.63, 3.8) is 0 Å². The number of halogens is 6. The van der Waals surface area contributed by atoms with Crippen molar-refractivity contribution < 1.29 is 45.2 Å². The smallest absolute Gasteiger partial charge is 0.303 e. The molecule has 0 rings (SSSR count). The molecule has 0 bridgehead atoms. The fraction of sp³-hybridized carbons (Fsp3) is 1.00. The summed E-state index contributed by atoms with van der Waals surface area (Å²) in [5, 5.41) is 0. The van der Waals surface area contributed by atoms with Crippen LogP contribution in [-0.4, -0.2) is 27.7 Å². The number of phosphoric ester groups is 1. The molecule has 11 heteroatoms. The van der Waals surface area contributed by atoms with Gasteiger partial charge in [0, 0.05) is 18.8 Å². The SMILES string of the molecule is CC(C)(OP(=O)(O)O)C(CC(F)(F)F)CC(F)(F)F. The Morgan fingerprint density at radius 3 is 1.53 bits per heavy atom. The highest BCUT2D eigenvalue weighted by Gasteiger charge is 2.47. The predicted molar refractivity (Wildman–Crippen MR) is 52.0 cm³/mol. The Hall–Kier alpha value is -0.310. The lowest BCUT2D eigenvalue weighted by molar-refractivity contribution is -0.193. The molecule has 0 aliphatic carbocycles. The van der Waals surface area contributed by atoms with E-state index >= 15 is 0 Å². The maximum atomic E-state index is 12.2. The third-order valence-corrected chi connectivity index (χ3v) is 3.00. The molecule has 0 aromatic rings. The molecule has 0 aromatic heterocycles. The minimum absolute atomic E-state index is 0.772. The van der Waals surface area contributed by atoms with E-state index in [4.69, 9.17) is 9.79 Å². The van der Waals surface area contributed by atoms with E-state index in [0.29, 0.717) is 0 Å². The Kier molecular flexibility index (Phi) is 5.50. The minimum atomic E-state index is -5.21. The van der Waals surface area contributed by atoms with Crippen LogP contribution >= 0.6 is 7.82 Å². The molecule has 0 radical (unpaired) electrons. The number of hydrogen-bond donors (Lipinski definition) is 2. The van der Waals surface area contributed by atoms with Crippen LogP contribution in [0.2, 0.25) is 0 Å². The summed E-state index contributed by atoms with van der Waals surface area (Å²) in [7, 11) is -5.21. The van der Waals surface area contributed by atoms with E-state index in [2.05, 4.69) is 4.52 Å². The molecule has 0 atom stereocenters. The zero-order valence-electron chi connectivity index (χ0n) is 9.92. The van der Waals surface area contributed by atoms with Gasteiger partial charge >= 0.3 is 20.2 Å². The van der Waals surface area contributed by atoms with Crippen molar-refractivity contribution in [2.75, 3.05) is 0 Å². The van der Waals surface area contributed by atoms with Gasteiger partial charge in [0.2, 0.25) is 0 Å². The van der Waals surface area contributed by atoms with Crippen molar-refractivity contribution in [3.05, 3.63) is 0 Å². The largest absolute Gasteiger partial charge is 0.470 e. The second-order valence-electron chi connectivity index (χ2n) is 4.52. The molecule has 0 saturated heterocycles. The van der Waals surface area contributed by atoms with Gasteiger partial charge in [0.25, 0.3) is 0 Å². The fourth-order valence-electron chi connectivity index (χ4n) is 1.50. The van der Waals surface area contributed by atoms with Crippen LogP contribution in [-0.2, 0) is 9.09 Å². The highest BCUT2D eigenvalue weighted by atomic mass is 31.2. The summed E-state index contributed by atoms with van der Waals surface area (Å²) in [5.41, 5.74) is -2.29. The van der Waals surface area contributed by atoms with Crippen LogP contribution in [0.25, 0.3) is 0 Å². The van der Waals surface area contributed by atoms with Crippen molar-refractivity contribution in [2.45, 2.75) is 44.6 Å². The Morgan fingerprint density at radius 2 is 1.32 bits per heavy atom. The molecule has 0 heterocycles. The molecular formula is C8H13F6O4P. The monoisotopic (exact) mass is 318 g/mol. The van der Waals surface area contributed by atoms with Crippen LogP contribution in [0.15, 0.2) is 0 Å². The highest BCUT2D eigenvalue weighted by Crippen LogP contribution is 2.48. The molecule has 19 heavy (non-hydrogen) atoms. The number of hydrogen-bond acceptors (Lipinski definition) is 2. The lowest BCUT2D eigenvalue weighted by Gasteiger charge is -2.35. The Labute approximate surface area is 105 Å². The first kappa shape index (κ1) is 18.7. The standard InChI is InChI=1S/C8H13F6O4P/c1-6(2,18-19(15,16)17)5(3-7(9,10)11)4-8(12,13)14/h5H,3-4H2,1-2H3,(H2,15,16,17). The van der Waals surface area contributed by atoms with Gasteiger partial charge in [-0.25, -0.2) is 4.57 Å². The van der Waals surface area contributed by atoms with Crippen molar-refractivity contribution in [1.82, 2.24) is 0 Å². The molecular weight excluding hydrogens is 305 g/mol. The molecule has 0 spiro atoms. The van der Waals surface area contributed by atoms with Gasteiger partial charge in [-0.2, -0.15) is 26.3 Å². The van der Waals surface area contributed by atoms with Crippen molar-refractivity contribution >= 4 is 7.82 Å². The lowest BCUT2D eigenvalue weighted by atomic mass is 9.85. The van der Waals surface area contributed by atoms with Gasteiger partial charge < -0.3 is 9.79 Å². The van der Waals surface area contributed by atoms with E-state index in [-0.39, 0.29) is 0 Å². The molecule has 0 aromatic carbocycles. The van der Waals surface area contributed by atoms with E-state index in [0.717, 1.165) is 13.8 Å². The van der Waals surface area contributed by atoms with Gasteiger partial charge in [-0.1, -0.05) is 0 Å². The summed E-state index contributed by atoms with van der Waals surface area (Å²) in [6, 6.07) is 0. The van der Waals surface area contributed by atoms with Crippen LogP contribution in [0.4, 0.5) is 26.3 Å². The molecule has 4 nitrogen and oxygen atoms in total. The number of phosphoric acid groups is 1. The molecule has 0 amide bonds. The van der Waals surface area contributed by atoms with Gasteiger partial charge in [0.05, 0.1) is 5.60 Å². The minimum Gasteiger partial charge on any atom is -0.303 e. The summed E-state index contributed by atoms with van der Waals surface area (Å²) in [4.78, 5) is 17.1. The van der Waals surface area contributed by atoms with Crippen LogP contribution < -0.4 is 0 Å². The predicted octanol–water partition coefficient (Wildman–Crippen LogP) is 3.40. The van der Waals surface area contributed by atoms with E-state index in [1.807, 2.05) is 0 Å². The summed E-state index contributed by atoms with van der Waals surface area (Å²) in [6.45, 7) is 1.54. The maximum absolute atomic E-state index is 12.2. The van der Waals surface area contributed by atoms with Crippen molar-refractivity contribution in [3.8, 4) is 0 Å². The first-order valence-electron chi connectivity index (χ1n) is 4.92. The first-order chi connectivity index (χ1) is 8.02. The molecule has 2 N–H and O–H groups in total. The van der Waals surface area contributed by atoms with E-state index in [1.165, 1.54) is 0 Å². The fourth-order valence-corrected chi connectivity index (χ4v) is 2.27. The average Bonchev–Trinajstić information content (AvgIpc) is 1.91. The van der Waals surface area contributed by atoms with Gasteiger partial charge in [-0.05, 0) is 13.8 Å². The zero-order chi connectivity index (χ0) is 15.7. The topological polar surface area (TPSA) is 66.8 Å². The van der Waals surface area contributed by atoms with E-state index < -0.39 is 44.5 Å². The number of alkyl halides is 6. The Morgan fingerprint density at radius 1 is 1.00 bits per heavy atom. The highest BCUT2D eigenvalue weighted by molar-refractivity contribution is 7.46. The molecule has 0 unspecified atom stereocenters. The molecule has 0 saturated carbocycles. The van der Waals surface area contributed by atoms with Crippen LogP contribution in [0.3, 0.4) is 0 Å². The lowest BCUT2D eigenvalue weighted by Crippen LogP contribution is -2.39. The Bertz CT molecular complexity index is 328. The van der Waals surface area contributed by atoms with Crippen molar-refractivity contribution in [1.29, 1.82) is 0 Å². The summed E-state index contributed by atoms with van der Waals surface area (Å²) >= 11 is 0. The van der Waals surface area contributed by atoms with Crippen molar-refractivity contribution in [2.24, 2.45) is 5.92 Å². The normalized spacial score (nSPS) is 15.1. The Balaban J connectivity index is 5.16. The third kappa shape index (κ3) is 9.26. The van der Waals surface area contributed by atoms with Gasteiger partial charge in [0.1, 0.15) is 0 Å². The van der Waals surface area contributed by atoms with Gasteiger partial charge in [0.15, 0.2) is 0 Å². The second kappa shape index (κ2) is 5.59. The van der Waals surface area contributed by atoms with E-state index in [1.54, 1.807) is 0 Å². The quantitative estimate of drug-likeness (QED) is 0.602. The van der Waals surface area contributed by atoms with E-state index in [9.17, 15) is 30.9 Å². The molecule has 116 valence electrons.